The molecule has 1 aromatic rings. The monoisotopic (exact) mass is 295 g/mol. The molecule has 110 valence electrons. The Labute approximate surface area is 123 Å². The van der Waals surface area contributed by atoms with Crippen LogP contribution in [0.3, 0.4) is 0 Å². The lowest BCUT2D eigenvalue weighted by atomic mass is 10.1. The second-order valence-corrected chi connectivity index (χ2v) is 7.27. The van der Waals surface area contributed by atoms with E-state index in [0.29, 0.717) is 11.3 Å². The number of aromatic nitrogens is 1. The number of rotatable bonds is 2. The number of esters is 1. The average Bonchev–Trinajstić information content (AvgIpc) is 2.59. The Kier molecular flexibility index (Phi) is 4.42. The second kappa shape index (κ2) is 5.91. The van der Waals surface area contributed by atoms with Crippen molar-refractivity contribution in [3.63, 3.8) is 0 Å². The summed E-state index contributed by atoms with van der Waals surface area (Å²) in [7, 11) is 1.35. The Morgan fingerprint density at radius 3 is 2.95 bits per heavy atom. The highest BCUT2D eigenvalue weighted by Gasteiger charge is 2.25. The van der Waals surface area contributed by atoms with Crippen LogP contribution in [0.5, 0.6) is 0 Å². The van der Waals surface area contributed by atoms with E-state index in [4.69, 9.17) is 10.5 Å². The van der Waals surface area contributed by atoms with Gasteiger partial charge in [0.2, 0.25) is 0 Å². The van der Waals surface area contributed by atoms with E-state index in [-0.39, 0.29) is 4.75 Å². The molecule has 1 saturated heterocycles. The largest absolute Gasteiger partial charge is 0.465 e. The maximum absolute atomic E-state index is 11.7. The predicted molar refractivity (Wildman–Crippen MR) is 83.4 cm³/mol. The van der Waals surface area contributed by atoms with E-state index < -0.39 is 5.97 Å². The van der Waals surface area contributed by atoms with E-state index in [2.05, 4.69) is 23.7 Å². The van der Waals surface area contributed by atoms with Gasteiger partial charge in [-0.3, -0.25) is 0 Å². The summed E-state index contributed by atoms with van der Waals surface area (Å²) in [5.41, 5.74) is 6.52. The van der Waals surface area contributed by atoms with Gasteiger partial charge in [-0.1, -0.05) is 13.8 Å². The van der Waals surface area contributed by atoms with Gasteiger partial charge >= 0.3 is 5.97 Å². The van der Waals surface area contributed by atoms with Crippen LogP contribution in [0.15, 0.2) is 12.3 Å². The van der Waals surface area contributed by atoms with Crippen molar-refractivity contribution in [1.29, 1.82) is 0 Å². The summed E-state index contributed by atoms with van der Waals surface area (Å²) in [6.45, 7) is 6.37. The Hall–Kier alpha value is -1.43. The van der Waals surface area contributed by atoms with Gasteiger partial charge in [-0.15, -0.1) is 0 Å². The van der Waals surface area contributed by atoms with Gasteiger partial charge < -0.3 is 15.4 Å². The number of ether oxygens (including phenoxy) is 1. The second-order valence-electron chi connectivity index (χ2n) is 5.47. The number of pyridine rings is 1. The van der Waals surface area contributed by atoms with Gasteiger partial charge in [-0.2, -0.15) is 11.8 Å². The minimum Gasteiger partial charge on any atom is -0.465 e. The summed E-state index contributed by atoms with van der Waals surface area (Å²) in [6, 6.07) is 1.73. The Balaban J connectivity index is 2.22. The van der Waals surface area contributed by atoms with E-state index >= 15 is 0 Å². The molecule has 0 unspecified atom stereocenters. The van der Waals surface area contributed by atoms with E-state index in [0.717, 1.165) is 31.1 Å². The lowest BCUT2D eigenvalue weighted by Crippen LogP contribution is -2.28. The summed E-state index contributed by atoms with van der Waals surface area (Å²) in [6.07, 6.45) is 2.61. The van der Waals surface area contributed by atoms with Crippen molar-refractivity contribution in [3.8, 4) is 0 Å². The number of hydrogen-bond acceptors (Lipinski definition) is 6. The standard InChI is InChI=1S/C14H21N3O2S/c1-14(2)4-5-17(6-7-20-14)12-8-10(13(18)19-3)11(15)9-16-12/h8-9H,4-7,15H2,1-3H3. The highest BCUT2D eigenvalue weighted by atomic mass is 32.2. The molecule has 20 heavy (non-hydrogen) atoms. The Morgan fingerprint density at radius 1 is 1.50 bits per heavy atom. The molecular formula is C14H21N3O2S. The van der Waals surface area contributed by atoms with Crippen molar-refractivity contribution in [2.75, 3.05) is 36.6 Å². The molecule has 1 fully saturated rings. The van der Waals surface area contributed by atoms with Gasteiger partial charge in [0, 0.05) is 23.6 Å². The maximum atomic E-state index is 11.7. The van der Waals surface area contributed by atoms with Crippen LogP contribution in [-0.4, -0.2) is 41.7 Å². The van der Waals surface area contributed by atoms with Gasteiger partial charge in [0.1, 0.15) is 5.82 Å². The molecule has 0 atom stereocenters. The van der Waals surface area contributed by atoms with Crippen molar-refractivity contribution >= 4 is 29.2 Å². The summed E-state index contributed by atoms with van der Waals surface area (Å²) in [5, 5.41) is 0. The van der Waals surface area contributed by atoms with Crippen LogP contribution >= 0.6 is 11.8 Å². The molecular weight excluding hydrogens is 274 g/mol. The Bertz CT molecular complexity index is 505. The normalized spacial score (nSPS) is 18.4. The molecule has 5 nitrogen and oxygen atoms in total. The number of hydrogen-bond donors (Lipinski definition) is 1. The number of carbonyl (C=O) groups excluding carboxylic acids is 1. The number of nitrogens with two attached hydrogens (primary N) is 1. The summed E-state index contributed by atoms with van der Waals surface area (Å²) < 4.78 is 5.03. The molecule has 0 bridgehead atoms. The average molecular weight is 295 g/mol. The minimum atomic E-state index is -0.421. The van der Waals surface area contributed by atoms with Crippen LogP contribution in [0, 0.1) is 0 Å². The van der Waals surface area contributed by atoms with Crippen molar-refractivity contribution in [2.45, 2.75) is 25.0 Å². The van der Waals surface area contributed by atoms with Crippen LogP contribution in [-0.2, 0) is 4.74 Å². The van der Waals surface area contributed by atoms with Crippen LogP contribution in [0.2, 0.25) is 0 Å². The third-order valence-corrected chi connectivity index (χ3v) is 4.86. The molecule has 1 aliphatic rings. The lowest BCUT2D eigenvalue weighted by molar-refractivity contribution is 0.0602. The number of nitrogens with zero attached hydrogens (tertiary/aromatic N) is 2. The summed E-state index contributed by atoms with van der Waals surface area (Å²) in [5.74, 6) is 1.42. The van der Waals surface area contributed by atoms with Gasteiger partial charge in [0.05, 0.1) is 24.6 Å². The molecule has 2 N–H and O–H groups in total. The number of methoxy groups -OCH3 is 1. The zero-order valence-corrected chi connectivity index (χ0v) is 13.0. The van der Waals surface area contributed by atoms with E-state index in [1.165, 1.54) is 13.3 Å². The molecule has 0 aromatic carbocycles. The molecule has 2 rings (SSSR count). The van der Waals surface area contributed by atoms with E-state index in [1.807, 2.05) is 11.8 Å². The molecule has 0 aliphatic carbocycles. The number of carbonyl (C=O) groups is 1. The highest BCUT2D eigenvalue weighted by molar-refractivity contribution is 8.00. The first-order chi connectivity index (χ1) is 9.43. The SMILES string of the molecule is COC(=O)c1cc(N2CCSC(C)(C)CC2)ncc1N. The van der Waals surface area contributed by atoms with E-state index in [1.54, 1.807) is 6.07 Å². The fourth-order valence-corrected chi connectivity index (χ4v) is 3.26. The first-order valence-electron chi connectivity index (χ1n) is 6.66. The first kappa shape index (κ1) is 15.0. The summed E-state index contributed by atoms with van der Waals surface area (Å²) >= 11 is 1.97. The quantitative estimate of drug-likeness (QED) is 0.843. The predicted octanol–water partition coefficient (Wildman–Crippen LogP) is 2.17. The highest BCUT2D eigenvalue weighted by Crippen LogP contribution is 2.32. The van der Waals surface area contributed by atoms with Crippen molar-refractivity contribution in [2.24, 2.45) is 0 Å². The molecule has 1 aromatic heterocycles. The van der Waals surface area contributed by atoms with Crippen molar-refractivity contribution in [1.82, 2.24) is 4.98 Å². The molecule has 1 aliphatic heterocycles. The molecule has 0 amide bonds. The van der Waals surface area contributed by atoms with Crippen molar-refractivity contribution < 1.29 is 9.53 Å². The fraction of sp³-hybridized carbons (Fsp3) is 0.571. The molecule has 0 saturated carbocycles. The molecule has 6 heteroatoms. The smallest absolute Gasteiger partial charge is 0.340 e. The van der Waals surface area contributed by atoms with Crippen LogP contribution in [0.4, 0.5) is 11.5 Å². The van der Waals surface area contributed by atoms with E-state index in [9.17, 15) is 4.79 Å². The zero-order valence-electron chi connectivity index (χ0n) is 12.2. The van der Waals surface area contributed by atoms with Crippen LogP contribution in [0.25, 0.3) is 0 Å². The first-order valence-corrected chi connectivity index (χ1v) is 7.64. The molecule has 0 radical (unpaired) electrons. The van der Waals surface area contributed by atoms with Gasteiger partial charge in [-0.05, 0) is 12.5 Å². The van der Waals surface area contributed by atoms with Gasteiger partial charge in [0.25, 0.3) is 0 Å². The van der Waals surface area contributed by atoms with Gasteiger partial charge in [0.15, 0.2) is 0 Å². The number of thioether (sulfide) groups is 1. The fourth-order valence-electron chi connectivity index (χ4n) is 2.16. The maximum Gasteiger partial charge on any atom is 0.340 e. The molecule has 0 spiro atoms. The number of nitrogen functional groups attached to an aromatic ring is 1. The molecule has 2 heterocycles. The van der Waals surface area contributed by atoms with Crippen LogP contribution in [0.1, 0.15) is 30.6 Å². The van der Waals surface area contributed by atoms with Gasteiger partial charge in [-0.25, -0.2) is 9.78 Å². The topological polar surface area (TPSA) is 68.5 Å². The Morgan fingerprint density at radius 2 is 2.25 bits per heavy atom. The summed E-state index contributed by atoms with van der Waals surface area (Å²) in [4.78, 5) is 18.2. The zero-order chi connectivity index (χ0) is 14.8. The lowest BCUT2D eigenvalue weighted by Gasteiger charge is -2.23. The number of anilines is 2. The third-order valence-electron chi connectivity index (χ3n) is 3.49. The third kappa shape index (κ3) is 3.36. The van der Waals surface area contributed by atoms with Crippen molar-refractivity contribution in [3.05, 3.63) is 17.8 Å². The minimum absolute atomic E-state index is 0.285. The van der Waals surface area contributed by atoms with Crippen LogP contribution < -0.4 is 10.6 Å².